The number of rotatable bonds is 5. The third kappa shape index (κ3) is 2.68. The number of nitrogens with one attached hydrogen (secondary N) is 1. The van der Waals surface area contributed by atoms with Gasteiger partial charge in [0.15, 0.2) is 0 Å². The molecule has 0 saturated heterocycles. The zero-order chi connectivity index (χ0) is 13.0. The summed E-state index contributed by atoms with van der Waals surface area (Å²) in [7, 11) is 3.71. The Kier molecular flexibility index (Phi) is 4.61. The standard InChI is InChI=1S/C15H23NO2/c1-4-9-18-14-8-6-11-5-7-12(17-3)10-13(11)15(14)16-2/h5,7,10,14-16H,4,6,8-9H2,1-3H3. The van der Waals surface area contributed by atoms with Crippen molar-refractivity contribution in [1.82, 2.24) is 5.32 Å². The van der Waals surface area contributed by atoms with Crippen LogP contribution in [-0.2, 0) is 11.2 Å². The molecule has 100 valence electrons. The summed E-state index contributed by atoms with van der Waals surface area (Å²) in [6.45, 7) is 2.98. The zero-order valence-corrected chi connectivity index (χ0v) is 11.5. The quantitative estimate of drug-likeness (QED) is 0.870. The number of likely N-dealkylation sites (N-methyl/N-ethyl adjacent to an activating group) is 1. The average molecular weight is 249 g/mol. The molecule has 1 aromatic carbocycles. The molecule has 0 saturated carbocycles. The SMILES string of the molecule is CCCOC1CCc2ccc(OC)cc2C1NC. The monoisotopic (exact) mass is 249 g/mol. The van der Waals surface area contributed by atoms with Crippen molar-refractivity contribution in [3.05, 3.63) is 29.3 Å². The summed E-state index contributed by atoms with van der Waals surface area (Å²) in [5.41, 5.74) is 2.73. The maximum atomic E-state index is 5.96. The van der Waals surface area contributed by atoms with Crippen LogP contribution in [0.25, 0.3) is 0 Å². The molecule has 2 unspecified atom stereocenters. The van der Waals surface area contributed by atoms with E-state index in [-0.39, 0.29) is 12.1 Å². The lowest BCUT2D eigenvalue weighted by Crippen LogP contribution is -2.36. The van der Waals surface area contributed by atoms with Gasteiger partial charge >= 0.3 is 0 Å². The third-order valence-corrected chi connectivity index (χ3v) is 3.61. The van der Waals surface area contributed by atoms with E-state index in [1.807, 2.05) is 13.1 Å². The van der Waals surface area contributed by atoms with E-state index in [9.17, 15) is 0 Å². The fourth-order valence-electron chi connectivity index (χ4n) is 2.67. The normalized spacial score (nSPS) is 22.6. The molecule has 1 N–H and O–H groups in total. The lowest BCUT2D eigenvalue weighted by atomic mass is 9.85. The van der Waals surface area contributed by atoms with Crippen LogP contribution in [0.3, 0.4) is 0 Å². The first-order valence-electron chi connectivity index (χ1n) is 6.75. The maximum Gasteiger partial charge on any atom is 0.119 e. The second-order valence-corrected chi connectivity index (χ2v) is 4.78. The Hall–Kier alpha value is -1.06. The van der Waals surface area contributed by atoms with Gasteiger partial charge in [0, 0.05) is 6.61 Å². The lowest BCUT2D eigenvalue weighted by molar-refractivity contribution is 0.0178. The molecule has 0 aromatic heterocycles. The van der Waals surface area contributed by atoms with E-state index >= 15 is 0 Å². The van der Waals surface area contributed by atoms with Gasteiger partial charge in [-0.05, 0) is 49.6 Å². The van der Waals surface area contributed by atoms with Gasteiger partial charge in [-0.25, -0.2) is 0 Å². The second kappa shape index (κ2) is 6.21. The molecule has 1 aromatic rings. The largest absolute Gasteiger partial charge is 0.497 e. The predicted octanol–water partition coefficient (Wildman–Crippen LogP) is 2.70. The minimum Gasteiger partial charge on any atom is -0.497 e. The van der Waals surface area contributed by atoms with Crippen LogP contribution in [0.4, 0.5) is 0 Å². The van der Waals surface area contributed by atoms with E-state index in [1.54, 1.807) is 7.11 Å². The van der Waals surface area contributed by atoms with Gasteiger partial charge in [-0.2, -0.15) is 0 Å². The van der Waals surface area contributed by atoms with Gasteiger partial charge in [0.25, 0.3) is 0 Å². The summed E-state index contributed by atoms with van der Waals surface area (Å²) in [6.07, 6.45) is 3.52. The number of hydrogen-bond acceptors (Lipinski definition) is 3. The number of aryl methyl sites for hydroxylation is 1. The summed E-state index contributed by atoms with van der Waals surface area (Å²) in [6, 6.07) is 6.63. The van der Waals surface area contributed by atoms with Gasteiger partial charge in [0.2, 0.25) is 0 Å². The summed E-state index contributed by atoms with van der Waals surface area (Å²) < 4.78 is 11.3. The molecule has 1 aliphatic carbocycles. The Balaban J connectivity index is 2.23. The molecule has 1 aliphatic rings. The Morgan fingerprint density at radius 3 is 2.89 bits per heavy atom. The zero-order valence-electron chi connectivity index (χ0n) is 11.5. The minimum atomic E-state index is 0.273. The molecule has 2 rings (SSSR count). The molecule has 0 heterocycles. The molecule has 0 amide bonds. The van der Waals surface area contributed by atoms with Crippen LogP contribution >= 0.6 is 0 Å². The van der Waals surface area contributed by atoms with Crippen LogP contribution in [0.2, 0.25) is 0 Å². The second-order valence-electron chi connectivity index (χ2n) is 4.78. The molecule has 0 radical (unpaired) electrons. The highest BCUT2D eigenvalue weighted by Gasteiger charge is 2.29. The maximum absolute atomic E-state index is 5.96. The molecular weight excluding hydrogens is 226 g/mol. The van der Waals surface area contributed by atoms with Crippen LogP contribution in [0.15, 0.2) is 18.2 Å². The highest BCUT2D eigenvalue weighted by Crippen LogP contribution is 2.34. The van der Waals surface area contributed by atoms with E-state index in [0.717, 1.165) is 31.6 Å². The van der Waals surface area contributed by atoms with Gasteiger partial charge in [-0.15, -0.1) is 0 Å². The van der Waals surface area contributed by atoms with Crippen LogP contribution in [-0.4, -0.2) is 26.9 Å². The van der Waals surface area contributed by atoms with Crippen molar-refractivity contribution in [2.75, 3.05) is 20.8 Å². The number of hydrogen-bond donors (Lipinski definition) is 1. The van der Waals surface area contributed by atoms with Gasteiger partial charge in [-0.3, -0.25) is 0 Å². The molecule has 0 aliphatic heterocycles. The van der Waals surface area contributed by atoms with Crippen LogP contribution < -0.4 is 10.1 Å². The van der Waals surface area contributed by atoms with E-state index < -0.39 is 0 Å². The van der Waals surface area contributed by atoms with Crippen molar-refractivity contribution < 1.29 is 9.47 Å². The number of ether oxygens (including phenoxy) is 2. The summed E-state index contributed by atoms with van der Waals surface area (Å²) in [4.78, 5) is 0. The molecule has 0 spiro atoms. The Labute approximate surface area is 109 Å². The fourth-order valence-corrected chi connectivity index (χ4v) is 2.67. The van der Waals surface area contributed by atoms with Gasteiger partial charge in [0.05, 0.1) is 19.3 Å². The van der Waals surface area contributed by atoms with Crippen molar-refractivity contribution in [2.45, 2.75) is 38.3 Å². The van der Waals surface area contributed by atoms with Crippen LogP contribution in [0.5, 0.6) is 5.75 Å². The molecule has 2 atom stereocenters. The number of fused-ring (bicyclic) bond motifs is 1. The third-order valence-electron chi connectivity index (χ3n) is 3.61. The van der Waals surface area contributed by atoms with Crippen molar-refractivity contribution in [3.63, 3.8) is 0 Å². The Morgan fingerprint density at radius 2 is 2.22 bits per heavy atom. The first-order chi connectivity index (χ1) is 8.80. The molecule has 3 heteroatoms. The minimum absolute atomic E-state index is 0.273. The molecular formula is C15H23NO2. The Bertz CT molecular complexity index is 392. The first-order valence-corrected chi connectivity index (χ1v) is 6.75. The molecule has 0 fully saturated rings. The smallest absolute Gasteiger partial charge is 0.119 e. The van der Waals surface area contributed by atoms with Crippen molar-refractivity contribution in [1.29, 1.82) is 0 Å². The number of benzene rings is 1. The van der Waals surface area contributed by atoms with Gasteiger partial charge in [-0.1, -0.05) is 13.0 Å². The lowest BCUT2D eigenvalue weighted by Gasteiger charge is -2.33. The molecule has 3 nitrogen and oxygen atoms in total. The summed E-state index contributed by atoms with van der Waals surface area (Å²) in [5.74, 6) is 0.921. The van der Waals surface area contributed by atoms with Crippen molar-refractivity contribution in [3.8, 4) is 5.75 Å². The van der Waals surface area contributed by atoms with E-state index in [0.29, 0.717) is 0 Å². The fraction of sp³-hybridized carbons (Fsp3) is 0.600. The first kappa shape index (κ1) is 13.4. The van der Waals surface area contributed by atoms with Gasteiger partial charge < -0.3 is 14.8 Å². The molecule has 18 heavy (non-hydrogen) atoms. The molecule has 0 bridgehead atoms. The van der Waals surface area contributed by atoms with Crippen molar-refractivity contribution in [2.24, 2.45) is 0 Å². The van der Waals surface area contributed by atoms with Crippen LogP contribution in [0.1, 0.15) is 36.9 Å². The van der Waals surface area contributed by atoms with E-state index in [2.05, 4.69) is 24.4 Å². The van der Waals surface area contributed by atoms with E-state index in [1.165, 1.54) is 11.1 Å². The van der Waals surface area contributed by atoms with Crippen LogP contribution in [0, 0.1) is 0 Å². The summed E-state index contributed by atoms with van der Waals surface area (Å²) >= 11 is 0. The highest BCUT2D eigenvalue weighted by molar-refractivity contribution is 5.40. The average Bonchev–Trinajstić information content (AvgIpc) is 2.43. The topological polar surface area (TPSA) is 30.5 Å². The van der Waals surface area contributed by atoms with Gasteiger partial charge in [0.1, 0.15) is 5.75 Å². The summed E-state index contributed by atoms with van der Waals surface area (Å²) in [5, 5.41) is 3.39. The Morgan fingerprint density at radius 1 is 1.39 bits per heavy atom. The van der Waals surface area contributed by atoms with E-state index in [4.69, 9.17) is 9.47 Å². The van der Waals surface area contributed by atoms with Crippen molar-refractivity contribution >= 4 is 0 Å². The highest BCUT2D eigenvalue weighted by atomic mass is 16.5. The number of methoxy groups -OCH3 is 1. The predicted molar refractivity (Wildman–Crippen MR) is 73.1 cm³/mol.